The van der Waals surface area contributed by atoms with Crippen LogP contribution < -0.4 is 21.5 Å². The molecule has 37 heavy (non-hydrogen) atoms. The molecule has 0 aliphatic rings. The Kier molecular flexibility index (Phi) is 13.1. The number of hydrogen-bond donors (Lipinski definition) is 3. The number of amides is 3. The molecule has 1 heterocycles. The maximum Gasteiger partial charge on any atom is 0.408 e. The topological polar surface area (TPSA) is 145 Å². The van der Waals surface area contributed by atoms with Crippen LogP contribution in [0.5, 0.6) is 0 Å². The van der Waals surface area contributed by atoms with Crippen molar-refractivity contribution in [1.82, 2.24) is 15.2 Å². The molecule has 3 amide bonds. The van der Waals surface area contributed by atoms with Crippen molar-refractivity contribution in [3.8, 4) is 0 Å². The zero-order chi connectivity index (χ0) is 28.0. The largest absolute Gasteiger partial charge is 0.466 e. The van der Waals surface area contributed by atoms with Crippen LogP contribution in [0.25, 0.3) is 0 Å². The van der Waals surface area contributed by atoms with Gasteiger partial charge in [-0.15, -0.1) is 0 Å². The second-order valence-electron chi connectivity index (χ2n) is 9.53. The van der Waals surface area contributed by atoms with Gasteiger partial charge in [0.1, 0.15) is 23.9 Å². The first kappa shape index (κ1) is 31.4. The van der Waals surface area contributed by atoms with Crippen LogP contribution in [0, 0.1) is 5.92 Å². The summed E-state index contributed by atoms with van der Waals surface area (Å²) in [7, 11) is 1.25. The number of ether oxygens (including phenoxy) is 2. The van der Waals surface area contributed by atoms with Gasteiger partial charge in [0.15, 0.2) is 0 Å². The number of anilines is 1. The Bertz CT molecular complexity index is 1010. The zero-order valence-corrected chi connectivity index (χ0v) is 22.6. The first-order valence-electron chi connectivity index (χ1n) is 12.4. The van der Waals surface area contributed by atoms with Crippen LogP contribution >= 0.6 is 0 Å². The van der Waals surface area contributed by atoms with Gasteiger partial charge in [-0.05, 0) is 51.7 Å². The minimum absolute atomic E-state index is 0.0404. The summed E-state index contributed by atoms with van der Waals surface area (Å²) in [5.74, 6) is -1.14. The predicted octanol–water partition coefficient (Wildman–Crippen LogP) is 2.74. The molecule has 0 aliphatic carbocycles. The summed E-state index contributed by atoms with van der Waals surface area (Å²) in [5.41, 5.74) is -1.38. The average Bonchev–Trinajstić information content (AvgIpc) is 2.82. The molecule has 3 N–H and O–H groups in total. The number of nitrogens with zero attached hydrogens (tertiary/aromatic N) is 1. The van der Waals surface area contributed by atoms with E-state index in [1.165, 1.54) is 36.1 Å². The van der Waals surface area contributed by atoms with Crippen LogP contribution in [0.2, 0.25) is 0 Å². The Morgan fingerprint density at radius 2 is 1.81 bits per heavy atom. The van der Waals surface area contributed by atoms with Crippen molar-refractivity contribution >= 4 is 29.6 Å². The van der Waals surface area contributed by atoms with Crippen molar-refractivity contribution in [2.75, 3.05) is 19.0 Å². The van der Waals surface area contributed by atoms with E-state index >= 15 is 0 Å². The highest BCUT2D eigenvalue weighted by Gasteiger charge is 2.25. The number of methoxy groups -OCH3 is 1. The van der Waals surface area contributed by atoms with E-state index in [1.54, 1.807) is 26.8 Å². The number of esters is 1. The minimum atomic E-state index is -1.06. The van der Waals surface area contributed by atoms with Crippen LogP contribution in [0.1, 0.15) is 60.3 Å². The van der Waals surface area contributed by atoms with Crippen molar-refractivity contribution in [1.29, 1.82) is 0 Å². The van der Waals surface area contributed by atoms with Gasteiger partial charge in [0, 0.05) is 18.8 Å². The highest BCUT2D eigenvalue weighted by Crippen LogP contribution is 2.10. The van der Waals surface area contributed by atoms with Crippen LogP contribution in [0.3, 0.4) is 0 Å². The standard InChI is InChI=1S/C26H40N4O7/c1-7-18(8-2)16-27-21(31)17-30-15-11-13-20(24(30)34)28-23(33)19(12-9-10-14-22(32)36-6)29-25(35)37-26(3,4)5/h10-11,13-15,18-19H,7-9,12,16-17H2,1-6H3,(H,27,31)(H,28,33)(H,29,35)/b14-10+/t19-/m0/s1. The second-order valence-corrected chi connectivity index (χ2v) is 9.53. The minimum Gasteiger partial charge on any atom is -0.466 e. The molecule has 0 aliphatic heterocycles. The summed E-state index contributed by atoms with van der Waals surface area (Å²) < 4.78 is 11.0. The van der Waals surface area contributed by atoms with E-state index in [1.807, 2.05) is 0 Å². The Balaban J connectivity index is 2.95. The molecule has 0 saturated heterocycles. The van der Waals surface area contributed by atoms with E-state index in [0.717, 1.165) is 12.8 Å². The summed E-state index contributed by atoms with van der Waals surface area (Å²) in [4.78, 5) is 61.8. The van der Waals surface area contributed by atoms with Crippen LogP contribution in [0.15, 0.2) is 35.3 Å². The van der Waals surface area contributed by atoms with Gasteiger partial charge in [-0.25, -0.2) is 9.59 Å². The summed E-state index contributed by atoms with van der Waals surface area (Å²) in [6.07, 6.45) is 5.65. The second kappa shape index (κ2) is 15.5. The molecule has 0 aromatic carbocycles. The summed E-state index contributed by atoms with van der Waals surface area (Å²) in [6.45, 7) is 9.50. The lowest BCUT2D eigenvalue weighted by atomic mass is 10.0. The van der Waals surface area contributed by atoms with Crippen molar-refractivity contribution in [3.63, 3.8) is 0 Å². The maximum atomic E-state index is 13.0. The molecular weight excluding hydrogens is 480 g/mol. The van der Waals surface area contributed by atoms with E-state index in [2.05, 4.69) is 34.5 Å². The Hall–Kier alpha value is -3.63. The van der Waals surface area contributed by atoms with Crippen LogP contribution in [-0.4, -0.2) is 53.7 Å². The Labute approximate surface area is 218 Å². The summed E-state index contributed by atoms with van der Waals surface area (Å²) >= 11 is 0. The van der Waals surface area contributed by atoms with E-state index < -0.39 is 35.2 Å². The number of nitrogens with one attached hydrogen (secondary N) is 3. The SMILES string of the molecule is CCC(CC)CNC(=O)Cn1cccc(NC(=O)[C@H](CC/C=C/C(=O)OC)NC(=O)OC(C)(C)C)c1=O. The summed E-state index contributed by atoms with van der Waals surface area (Å²) in [6, 6.07) is 1.90. The number of carbonyl (C=O) groups excluding carboxylic acids is 4. The molecule has 1 rings (SSSR count). The number of aromatic nitrogens is 1. The lowest BCUT2D eigenvalue weighted by Gasteiger charge is -2.23. The van der Waals surface area contributed by atoms with Gasteiger partial charge in [0.25, 0.3) is 5.56 Å². The third-order valence-electron chi connectivity index (χ3n) is 5.42. The van der Waals surface area contributed by atoms with Gasteiger partial charge in [0.05, 0.1) is 7.11 Å². The fourth-order valence-electron chi connectivity index (χ4n) is 3.25. The molecule has 1 aromatic heterocycles. The van der Waals surface area contributed by atoms with E-state index in [9.17, 15) is 24.0 Å². The lowest BCUT2D eigenvalue weighted by Crippen LogP contribution is -2.46. The van der Waals surface area contributed by atoms with Crippen molar-refractivity contribution < 1.29 is 28.7 Å². The molecule has 0 bridgehead atoms. The Morgan fingerprint density at radius 1 is 1.14 bits per heavy atom. The first-order chi connectivity index (χ1) is 17.4. The smallest absolute Gasteiger partial charge is 0.408 e. The number of alkyl carbamates (subject to hydrolysis) is 1. The molecular formula is C26H40N4O7. The van der Waals surface area contributed by atoms with Crippen LogP contribution in [-0.2, 0) is 30.4 Å². The highest BCUT2D eigenvalue weighted by molar-refractivity contribution is 5.96. The van der Waals surface area contributed by atoms with Gasteiger partial charge < -0.3 is 30.0 Å². The average molecular weight is 521 g/mol. The number of pyridine rings is 1. The normalized spacial score (nSPS) is 12.2. The fourth-order valence-corrected chi connectivity index (χ4v) is 3.25. The first-order valence-corrected chi connectivity index (χ1v) is 12.4. The van der Waals surface area contributed by atoms with Crippen molar-refractivity contribution in [3.05, 3.63) is 40.8 Å². The maximum absolute atomic E-state index is 13.0. The molecule has 11 nitrogen and oxygen atoms in total. The molecule has 1 atom stereocenters. The number of allylic oxidation sites excluding steroid dienone is 1. The van der Waals surface area contributed by atoms with Gasteiger partial charge in [-0.1, -0.05) is 32.8 Å². The summed E-state index contributed by atoms with van der Waals surface area (Å²) in [5, 5.41) is 7.87. The van der Waals surface area contributed by atoms with Crippen molar-refractivity contribution in [2.45, 2.75) is 78.5 Å². The third kappa shape index (κ3) is 12.2. The molecule has 1 aromatic rings. The number of rotatable bonds is 13. The van der Waals surface area contributed by atoms with Crippen molar-refractivity contribution in [2.24, 2.45) is 5.92 Å². The molecule has 0 saturated carbocycles. The third-order valence-corrected chi connectivity index (χ3v) is 5.42. The quantitative estimate of drug-likeness (QED) is 0.268. The lowest BCUT2D eigenvalue weighted by molar-refractivity contribution is -0.134. The van der Waals surface area contributed by atoms with E-state index in [4.69, 9.17) is 4.74 Å². The highest BCUT2D eigenvalue weighted by atomic mass is 16.6. The monoisotopic (exact) mass is 520 g/mol. The molecule has 0 spiro atoms. The fraction of sp³-hybridized carbons (Fsp3) is 0.577. The molecule has 0 unspecified atom stereocenters. The van der Waals surface area contributed by atoms with Gasteiger partial charge in [-0.2, -0.15) is 0 Å². The molecule has 206 valence electrons. The van der Waals surface area contributed by atoms with Gasteiger partial charge in [-0.3, -0.25) is 14.4 Å². The molecule has 11 heteroatoms. The van der Waals surface area contributed by atoms with Crippen LogP contribution in [0.4, 0.5) is 10.5 Å². The number of carbonyl (C=O) groups is 4. The zero-order valence-electron chi connectivity index (χ0n) is 22.6. The van der Waals surface area contributed by atoms with Gasteiger partial charge in [0.2, 0.25) is 11.8 Å². The molecule has 0 fully saturated rings. The van der Waals surface area contributed by atoms with E-state index in [-0.39, 0.29) is 31.0 Å². The van der Waals surface area contributed by atoms with E-state index in [0.29, 0.717) is 12.5 Å². The number of hydrogen-bond acceptors (Lipinski definition) is 7. The van der Waals surface area contributed by atoms with Gasteiger partial charge >= 0.3 is 12.1 Å². The molecule has 0 radical (unpaired) electrons. The Morgan fingerprint density at radius 3 is 2.41 bits per heavy atom. The predicted molar refractivity (Wildman–Crippen MR) is 140 cm³/mol.